The minimum absolute atomic E-state index is 0.639. The molecule has 1 atom stereocenters. The van der Waals surface area contributed by atoms with Crippen LogP contribution in [0, 0.1) is 12.8 Å². The fourth-order valence-electron chi connectivity index (χ4n) is 2.01. The van der Waals surface area contributed by atoms with E-state index in [0.717, 1.165) is 30.4 Å². The normalized spacial score (nSPS) is 13.0. The quantitative estimate of drug-likeness (QED) is 0.762. The second-order valence-corrected chi connectivity index (χ2v) is 5.18. The summed E-state index contributed by atoms with van der Waals surface area (Å²) in [5, 5.41) is 8.56. The minimum atomic E-state index is 0.639. The Morgan fingerprint density at radius 3 is 2.65 bits per heavy atom. The van der Waals surface area contributed by atoms with Gasteiger partial charge in [-0.25, -0.2) is 0 Å². The maximum absolute atomic E-state index is 6.23. The molecule has 0 fully saturated rings. The molecule has 98 valence electrons. The van der Waals surface area contributed by atoms with Crippen molar-refractivity contribution in [3.63, 3.8) is 0 Å². The van der Waals surface area contributed by atoms with E-state index < -0.39 is 0 Å². The molecule has 0 spiro atoms. The van der Waals surface area contributed by atoms with Crippen molar-refractivity contribution in [2.45, 2.75) is 40.0 Å². The third kappa shape index (κ3) is 4.32. The fraction of sp³-hybridized carbons (Fsp3) is 0.769. The topological polar surface area (TPSA) is 29.9 Å². The minimum Gasteiger partial charge on any atom is -0.317 e. The molecule has 0 amide bonds. The summed E-state index contributed by atoms with van der Waals surface area (Å²) in [7, 11) is 1.90. The van der Waals surface area contributed by atoms with E-state index in [2.05, 4.69) is 24.3 Å². The predicted molar refractivity (Wildman–Crippen MR) is 73.6 cm³/mol. The molecule has 0 aliphatic heterocycles. The van der Waals surface area contributed by atoms with Crippen LogP contribution in [-0.2, 0) is 13.5 Å². The number of hydrogen-bond acceptors (Lipinski definition) is 2. The number of rotatable bonds is 7. The Kier molecular flexibility index (Phi) is 6.00. The average molecular weight is 258 g/mol. The van der Waals surface area contributed by atoms with Crippen LogP contribution in [0.3, 0.4) is 0 Å². The van der Waals surface area contributed by atoms with Crippen LogP contribution in [0.25, 0.3) is 0 Å². The van der Waals surface area contributed by atoms with E-state index >= 15 is 0 Å². The molecular weight excluding hydrogens is 234 g/mol. The molecule has 1 rings (SSSR count). The molecule has 17 heavy (non-hydrogen) atoms. The van der Waals surface area contributed by atoms with Gasteiger partial charge in [0.1, 0.15) is 5.15 Å². The summed E-state index contributed by atoms with van der Waals surface area (Å²) in [5.41, 5.74) is 2.27. The highest BCUT2D eigenvalue weighted by Gasteiger charge is 2.14. The van der Waals surface area contributed by atoms with Crippen LogP contribution >= 0.6 is 11.6 Å². The zero-order chi connectivity index (χ0) is 12.8. The molecule has 1 aromatic heterocycles. The molecule has 0 saturated heterocycles. The van der Waals surface area contributed by atoms with Gasteiger partial charge in [-0.05, 0) is 45.2 Å². The molecule has 0 aromatic carbocycles. The summed E-state index contributed by atoms with van der Waals surface area (Å²) in [4.78, 5) is 0. The van der Waals surface area contributed by atoms with Gasteiger partial charge in [0.25, 0.3) is 0 Å². The summed E-state index contributed by atoms with van der Waals surface area (Å²) in [6, 6.07) is 0. The van der Waals surface area contributed by atoms with Crippen molar-refractivity contribution >= 4 is 11.6 Å². The summed E-state index contributed by atoms with van der Waals surface area (Å²) < 4.78 is 1.76. The molecule has 1 aromatic rings. The summed E-state index contributed by atoms with van der Waals surface area (Å²) in [5.74, 6) is 0.639. The summed E-state index contributed by atoms with van der Waals surface area (Å²) in [6.45, 7) is 8.69. The Morgan fingerprint density at radius 1 is 1.41 bits per heavy atom. The van der Waals surface area contributed by atoms with Gasteiger partial charge in [0.05, 0.1) is 5.69 Å². The van der Waals surface area contributed by atoms with Gasteiger partial charge < -0.3 is 5.32 Å². The van der Waals surface area contributed by atoms with E-state index in [1.54, 1.807) is 4.68 Å². The van der Waals surface area contributed by atoms with Gasteiger partial charge in [0.2, 0.25) is 0 Å². The lowest BCUT2D eigenvalue weighted by atomic mass is 9.98. The second kappa shape index (κ2) is 7.02. The molecule has 1 N–H and O–H groups in total. The van der Waals surface area contributed by atoms with Crippen LogP contribution in [0.4, 0.5) is 0 Å². The van der Waals surface area contributed by atoms with Gasteiger partial charge in [-0.2, -0.15) is 5.10 Å². The number of nitrogens with zero attached hydrogens (tertiary/aromatic N) is 2. The van der Waals surface area contributed by atoms with E-state index in [9.17, 15) is 0 Å². The van der Waals surface area contributed by atoms with Crippen molar-refractivity contribution in [3.8, 4) is 0 Å². The van der Waals surface area contributed by atoms with Gasteiger partial charge >= 0.3 is 0 Å². The second-order valence-electron chi connectivity index (χ2n) is 4.83. The molecule has 0 saturated carbocycles. The lowest BCUT2D eigenvalue weighted by molar-refractivity contribution is 0.497. The first-order valence-electron chi connectivity index (χ1n) is 6.45. The first-order valence-corrected chi connectivity index (χ1v) is 6.82. The molecule has 3 nitrogen and oxygen atoms in total. The van der Waals surface area contributed by atoms with Crippen LogP contribution in [0.2, 0.25) is 5.15 Å². The Labute approximate surface area is 110 Å². The van der Waals surface area contributed by atoms with Crippen LogP contribution in [0.1, 0.15) is 37.9 Å². The van der Waals surface area contributed by atoms with Crippen molar-refractivity contribution in [3.05, 3.63) is 16.4 Å². The number of nitrogens with one attached hydrogen (secondary N) is 1. The third-order valence-electron chi connectivity index (χ3n) is 3.06. The lowest BCUT2D eigenvalue weighted by Crippen LogP contribution is -2.18. The Bertz CT molecular complexity index is 347. The number of halogens is 1. The number of aromatic nitrogens is 2. The third-order valence-corrected chi connectivity index (χ3v) is 3.54. The van der Waals surface area contributed by atoms with Gasteiger partial charge in [-0.1, -0.05) is 25.4 Å². The molecule has 0 aliphatic carbocycles. The van der Waals surface area contributed by atoms with E-state index in [4.69, 9.17) is 11.6 Å². The van der Waals surface area contributed by atoms with Crippen LogP contribution < -0.4 is 5.32 Å². The number of aryl methyl sites for hydroxylation is 2. The van der Waals surface area contributed by atoms with Gasteiger partial charge in [-0.15, -0.1) is 0 Å². The van der Waals surface area contributed by atoms with Crippen molar-refractivity contribution in [1.29, 1.82) is 0 Å². The SMILES string of the molecule is CCCNCCC(C)Cc1c(C)nn(C)c1Cl. The smallest absolute Gasteiger partial charge is 0.130 e. The largest absolute Gasteiger partial charge is 0.317 e. The lowest BCUT2D eigenvalue weighted by Gasteiger charge is -2.11. The Hall–Kier alpha value is -0.540. The zero-order valence-corrected chi connectivity index (χ0v) is 12.1. The zero-order valence-electron chi connectivity index (χ0n) is 11.4. The van der Waals surface area contributed by atoms with Crippen molar-refractivity contribution in [1.82, 2.24) is 15.1 Å². The Morgan fingerprint density at radius 2 is 2.12 bits per heavy atom. The maximum atomic E-state index is 6.23. The van der Waals surface area contributed by atoms with Crippen LogP contribution in [0.15, 0.2) is 0 Å². The molecule has 0 aliphatic rings. The predicted octanol–water partition coefficient (Wildman–Crippen LogP) is 2.95. The van der Waals surface area contributed by atoms with Crippen LogP contribution in [-0.4, -0.2) is 22.9 Å². The highest BCUT2D eigenvalue weighted by molar-refractivity contribution is 6.30. The van der Waals surface area contributed by atoms with Crippen LogP contribution in [0.5, 0.6) is 0 Å². The maximum Gasteiger partial charge on any atom is 0.130 e. The molecular formula is C13H24ClN3. The highest BCUT2D eigenvalue weighted by Crippen LogP contribution is 2.22. The van der Waals surface area contributed by atoms with Gasteiger partial charge in [0.15, 0.2) is 0 Å². The average Bonchev–Trinajstić information content (AvgIpc) is 2.52. The highest BCUT2D eigenvalue weighted by atomic mass is 35.5. The summed E-state index contributed by atoms with van der Waals surface area (Å²) >= 11 is 6.23. The molecule has 1 unspecified atom stereocenters. The van der Waals surface area contributed by atoms with Crippen molar-refractivity contribution in [2.24, 2.45) is 13.0 Å². The monoisotopic (exact) mass is 257 g/mol. The molecule has 4 heteroatoms. The first kappa shape index (κ1) is 14.5. The fourth-order valence-corrected chi connectivity index (χ4v) is 2.26. The number of hydrogen-bond donors (Lipinski definition) is 1. The Balaban J connectivity index is 2.42. The van der Waals surface area contributed by atoms with E-state index in [1.807, 2.05) is 14.0 Å². The van der Waals surface area contributed by atoms with E-state index in [1.165, 1.54) is 18.4 Å². The molecule has 1 heterocycles. The summed E-state index contributed by atoms with van der Waals surface area (Å²) in [6.07, 6.45) is 3.40. The molecule has 0 bridgehead atoms. The first-order chi connectivity index (χ1) is 8.06. The van der Waals surface area contributed by atoms with Crippen molar-refractivity contribution < 1.29 is 0 Å². The van der Waals surface area contributed by atoms with E-state index in [-0.39, 0.29) is 0 Å². The molecule has 0 radical (unpaired) electrons. The van der Waals surface area contributed by atoms with Crippen molar-refractivity contribution in [2.75, 3.05) is 13.1 Å². The van der Waals surface area contributed by atoms with Gasteiger partial charge in [-0.3, -0.25) is 4.68 Å². The van der Waals surface area contributed by atoms with E-state index in [0.29, 0.717) is 5.92 Å². The standard InChI is InChI=1S/C13H24ClN3/c1-5-7-15-8-6-10(2)9-12-11(3)16-17(4)13(12)14/h10,15H,5-9H2,1-4H3. The van der Waals surface area contributed by atoms with Gasteiger partial charge in [0, 0.05) is 12.6 Å².